The zero-order valence-electron chi connectivity index (χ0n) is 10.6. The number of hydrogen-bond acceptors (Lipinski definition) is 2. The summed E-state index contributed by atoms with van der Waals surface area (Å²) < 4.78 is 24.3. The number of benzene rings is 2. The zero-order valence-corrected chi connectivity index (χ0v) is 11.4. The van der Waals surface area contributed by atoms with Crippen LogP contribution in [0, 0.1) is 0 Å². The van der Waals surface area contributed by atoms with E-state index in [0.717, 1.165) is 5.56 Å². The third-order valence-corrected chi connectivity index (χ3v) is 4.57. The van der Waals surface area contributed by atoms with Crippen LogP contribution in [0.25, 0.3) is 0 Å². The summed E-state index contributed by atoms with van der Waals surface area (Å²) in [5.41, 5.74) is 1.78. The zero-order chi connectivity index (χ0) is 13.7. The van der Waals surface area contributed by atoms with Crippen LogP contribution in [0.5, 0.6) is 0 Å². The van der Waals surface area contributed by atoms with E-state index in [2.05, 4.69) is 6.58 Å². The molecule has 2 rings (SSSR count). The van der Waals surface area contributed by atoms with Crippen LogP contribution in [-0.4, -0.2) is 14.2 Å². The number of sulfone groups is 1. The Kier molecular flexibility index (Phi) is 4.17. The molecule has 0 radical (unpaired) electrons. The van der Waals surface area contributed by atoms with Gasteiger partial charge in [0.25, 0.3) is 0 Å². The molecule has 2 aromatic rings. The van der Waals surface area contributed by atoms with E-state index >= 15 is 0 Å². The Labute approximate surface area is 114 Å². The molecule has 0 aliphatic carbocycles. The van der Waals surface area contributed by atoms with Crippen LogP contribution in [0.1, 0.15) is 5.56 Å². The largest absolute Gasteiger partial charge is 0.223 e. The smallest absolute Gasteiger partial charge is 0.182 e. The first kappa shape index (κ1) is 13.6. The van der Waals surface area contributed by atoms with E-state index in [4.69, 9.17) is 0 Å². The van der Waals surface area contributed by atoms with Crippen molar-refractivity contribution in [1.82, 2.24) is 0 Å². The fourth-order valence-electron chi connectivity index (χ4n) is 1.92. The summed E-state index contributed by atoms with van der Waals surface area (Å²) in [6, 6.07) is 18.3. The first-order chi connectivity index (χ1) is 9.08. The Morgan fingerprint density at radius 1 is 0.895 bits per heavy atom. The van der Waals surface area contributed by atoms with E-state index in [1.54, 1.807) is 30.3 Å². The molecule has 0 aromatic heterocycles. The molecule has 3 heteroatoms. The van der Waals surface area contributed by atoms with Gasteiger partial charge >= 0.3 is 0 Å². The molecule has 98 valence electrons. The molecule has 0 bridgehead atoms. The van der Waals surface area contributed by atoms with Gasteiger partial charge in [0.05, 0.1) is 10.6 Å². The maximum absolute atomic E-state index is 12.2. The summed E-state index contributed by atoms with van der Waals surface area (Å²) in [6.45, 7) is 3.88. The lowest BCUT2D eigenvalue weighted by molar-refractivity contribution is 0.598. The highest BCUT2D eigenvalue weighted by Gasteiger charge is 2.15. The third kappa shape index (κ3) is 3.80. The van der Waals surface area contributed by atoms with Gasteiger partial charge < -0.3 is 0 Å². The van der Waals surface area contributed by atoms with Gasteiger partial charge in [-0.2, -0.15) is 0 Å². The van der Waals surface area contributed by atoms with E-state index in [1.807, 2.05) is 30.3 Å². The average Bonchev–Trinajstić information content (AvgIpc) is 2.40. The lowest BCUT2D eigenvalue weighted by Crippen LogP contribution is -2.09. The van der Waals surface area contributed by atoms with Gasteiger partial charge in [-0.05, 0) is 24.1 Å². The van der Waals surface area contributed by atoms with Crippen molar-refractivity contribution in [2.45, 2.75) is 11.3 Å². The van der Waals surface area contributed by atoms with Crippen LogP contribution in [0.4, 0.5) is 0 Å². The fourth-order valence-corrected chi connectivity index (χ4v) is 3.29. The van der Waals surface area contributed by atoms with Crippen molar-refractivity contribution in [3.8, 4) is 0 Å². The molecule has 0 heterocycles. The van der Waals surface area contributed by atoms with E-state index in [-0.39, 0.29) is 5.75 Å². The van der Waals surface area contributed by atoms with E-state index in [1.165, 1.54) is 0 Å². The molecule has 2 aromatic carbocycles. The Morgan fingerprint density at radius 3 is 2.00 bits per heavy atom. The van der Waals surface area contributed by atoms with Crippen LogP contribution < -0.4 is 0 Å². The molecular formula is C16H16O2S. The van der Waals surface area contributed by atoms with Gasteiger partial charge in [0.1, 0.15) is 0 Å². The van der Waals surface area contributed by atoms with Crippen molar-refractivity contribution in [3.63, 3.8) is 0 Å². The molecular weight excluding hydrogens is 256 g/mol. The Bertz CT molecular complexity index is 644. The van der Waals surface area contributed by atoms with Crippen molar-refractivity contribution in [3.05, 3.63) is 78.4 Å². The molecule has 0 atom stereocenters. The molecule has 0 unspecified atom stereocenters. The van der Waals surface area contributed by atoms with Gasteiger partial charge in [0.15, 0.2) is 9.84 Å². The highest BCUT2D eigenvalue weighted by atomic mass is 32.2. The average molecular weight is 272 g/mol. The SMILES string of the molecule is C=C(Cc1ccccc1)CS(=O)(=O)c1ccccc1. The van der Waals surface area contributed by atoms with Crippen molar-refractivity contribution >= 4 is 9.84 Å². The monoisotopic (exact) mass is 272 g/mol. The second-order valence-corrected chi connectivity index (χ2v) is 6.47. The van der Waals surface area contributed by atoms with Crippen molar-refractivity contribution in [1.29, 1.82) is 0 Å². The fraction of sp³-hybridized carbons (Fsp3) is 0.125. The third-order valence-electron chi connectivity index (χ3n) is 2.79. The molecule has 0 saturated carbocycles. The predicted octanol–water partition coefficient (Wildman–Crippen LogP) is 3.26. The molecule has 19 heavy (non-hydrogen) atoms. The predicted molar refractivity (Wildman–Crippen MR) is 77.8 cm³/mol. The summed E-state index contributed by atoms with van der Waals surface area (Å²) in [7, 11) is -3.28. The van der Waals surface area contributed by atoms with Crippen molar-refractivity contribution < 1.29 is 8.42 Å². The second kappa shape index (κ2) is 5.85. The first-order valence-electron chi connectivity index (χ1n) is 6.06. The summed E-state index contributed by atoms with van der Waals surface area (Å²) in [4.78, 5) is 0.351. The molecule has 0 spiro atoms. The normalized spacial score (nSPS) is 11.2. The first-order valence-corrected chi connectivity index (χ1v) is 7.71. The topological polar surface area (TPSA) is 34.1 Å². The van der Waals surface area contributed by atoms with Crippen molar-refractivity contribution in [2.24, 2.45) is 0 Å². The lowest BCUT2D eigenvalue weighted by Gasteiger charge is -2.07. The Morgan fingerprint density at radius 2 is 1.42 bits per heavy atom. The second-order valence-electron chi connectivity index (χ2n) is 4.48. The van der Waals surface area contributed by atoms with Gasteiger partial charge in [-0.1, -0.05) is 60.7 Å². The Balaban J connectivity index is 2.07. The highest BCUT2D eigenvalue weighted by Crippen LogP contribution is 2.15. The van der Waals surface area contributed by atoms with Crippen LogP contribution in [0.2, 0.25) is 0 Å². The maximum Gasteiger partial charge on any atom is 0.182 e. The summed E-state index contributed by atoms with van der Waals surface area (Å²) in [6.07, 6.45) is 0.590. The summed E-state index contributed by atoms with van der Waals surface area (Å²) in [5.74, 6) is -0.00803. The van der Waals surface area contributed by atoms with E-state index < -0.39 is 9.84 Å². The minimum absolute atomic E-state index is 0.00803. The quantitative estimate of drug-likeness (QED) is 0.783. The summed E-state index contributed by atoms with van der Waals surface area (Å²) in [5, 5.41) is 0. The highest BCUT2D eigenvalue weighted by molar-refractivity contribution is 7.91. The molecule has 0 aliphatic rings. The van der Waals surface area contributed by atoms with E-state index in [9.17, 15) is 8.42 Å². The molecule has 0 N–H and O–H groups in total. The summed E-state index contributed by atoms with van der Waals surface area (Å²) >= 11 is 0. The minimum atomic E-state index is -3.28. The van der Waals surface area contributed by atoms with Gasteiger partial charge in [-0.3, -0.25) is 0 Å². The van der Waals surface area contributed by atoms with Crippen molar-refractivity contribution in [2.75, 3.05) is 5.75 Å². The van der Waals surface area contributed by atoms with Crippen LogP contribution in [-0.2, 0) is 16.3 Å². The number of hydrogen-bond donors (Lipinski definition) is 0. The minimum Gasteiger partial charge on any atom is -0.223 e. The lowest BCUT2D eigenvalue weighted by atomic mass is 10.1. The standard InChI is InChI=1S/C16H16O2S/c1-14(12-15-8-4-2-5-9-15)13-19(17,18)16-10-6-3-7-11-16/h2-11H,1,12-13H2. The molecule has 0 amide bonds. The molecule has 0 aliphatic heterocycles. The number of rotatable bonds is 5. The maximum atomic E-state index is 12.2. The molecule has 0 saturated heterocycles. The van der Waals surface area contributed by atoms with Gasteiger partial charge in [-0.15, -0.1) is 0 Å². The van der Waals surface area contributed by atoms with Crippen LogP contribution >= 0.6 is 0 Å². The van der Waals surface area contributed by atoms with Crippen LogP contribution in [0.15, 0.2) is 77.7 Å². The van der Waals surface area contributed by atoms with Gasteiger partial charge in [0.2, 0.25) is 0 Å². The van der Waals surface area contributed by atoms with Gasteiger partial charge in [0, 0.05) is 0 Å². The Hall–Kier alpha value is -1.87. The van der Waals surface area contributed by atoms with Gasteiger partial charge in [-0.25, -0.2) is 8.42 Å². The molecule has 0 fully saturated rings. The van der Waals surface area contributed by atoms with E-state index in [0.29, 0.717) is 16.9 Å². The molecule has 2 nitrogen and oxygen atoms in total. The van der Waals surface area contributed by atoms with Crippen LogP contribution in [0.3, 0.4) is 0 Å².